The summed E-state index contributed by atoms with van der Waals surface area (Å²) >= 11 is 4.72. The Balaban J connectivity index is 2.09. The predicted molar refractivity (Wildman–Crippen MR) is 74.7 cm³/mol. The summed E-state index contributed by atoms with van der Waals surface area (Å²) in [5, 5.41) is 2.53. The molecule has 0 fully saturated rings. The maximum atomic E-state index is 12.0. The molecule has 2 rings (SSSR count). The fourth-order valence-electron chi connectivity index (χ4n) is 1.39. The van der Waals surface area contributed by atoms with Gasteiger partial charge in [0.05, 0.1) is 12.5 Å². The van der Waals surface area contributed by atoms with Gasteiger partial charge in [-0.05, 0) is 35.0 Å². The van der Waals surface area contributed by atoms with Crippen LogP contribution in [0.3, 0.4) is 0 Å². The Kier molecular flexibility index (Phi) is 4.21. The van der Waals surface area contributed by atoms with Crippen molar-refractivity contribution in [3.63, 3.8) is 0 Å². The molecule has 4 nitrogen and oxygen atoms in total. The van der Waals surface area contributed by atoms with Crippen molar-refractivity contribution in [2.45, 2.75) is 19.4 Å². The lowest BCUT2D eigenvalue weighted by molar-refractivity contribution is 0.0987. The SMILES string of the molecule is CC(N)c1nc(C(=O)Cc2ccc(Br)cn2)cs1. The first-order chi connectivity index (χ1) is 8.56. The molecule has 2 N–H and O–H groups in total. The van der Waals surface area contributed by atoms with Crippen LogP contribution in [0.4, 0.5) is 0 Å². The zero-order chi connectivity index (χ0) is 13.1. The summed E-state index contributed by atoms with van der Waals surface area (Å²) in [6, 6.07) is 3.55. The Morgan fingerprint density at radius 3 is 2.89 bits per heavy atom. The second-order valence-electron chi connectivity index (χ2n) is 3.93. The van der Waals surface area contributed by atoms with E-state index in [0.717, 1.165) is 15.2 Å². The predicted octanol–water partition coefficient (Wildman–Crippen LogP) is 2.75. The number of hydrogen-bond donors (Lipinski definition) is 1. The van der Waals surface area contributed by atoms with E-state index >= 15 is 0 Å². The third-order valence-electron chi connectivity index (χ3n) is 2.33. The lowest BCUT2D eigenvalue weighted by Crippen LogP contribution is -2.08. The quantitative estimate of drug-likeness (QED) is 0.877. The summed E-state index contributed by atoms with van der Waals surface area (Å²) in [6.07, 6.45) is 1.94. The third kappa shape index (κ3) is 3.22. The number of nitrogens with two attached hydrogens (primary N) is 1. The van der Waals surface area contributed by atoms with Crippen LogP contribution in [0.2, 0.25) is 0 Å². The number of halogens is 1. The van der Waals surface area contributed by atoms with E-state index < -0.39 is 0 Å². The van der Waals surface area contributed by atoms with Gasteiger partial charge in [0, 0.05) is 21.7 Å². The largest absolute Gasteiger partial charge is 0.322 e. The Bertz CT molecular complexity index is 551. The van der Waals surface area contributed by atoms with Crippen LogP contribution in [0.25, 0.3) is 0 Å². The first-order valence-corrected chi connectivity index (χ1v) is 7.08. The minimum Gasteiger partial charge on any atom is -0.322 e. The molecule has 94 valence electrons. The second kappa shape index (κ2) is 5.69. The van der Waals surface area contributed by atoms with Gasteiger partial charge in [0.2, 0.25) is 0 Å². The van der Waals surface area contributed by atoms with Gasteiger partial charge in [-0.3, -0.25) is 9.78 Å². The number of rotatable bonds is 4. The number of thiazole rings is 1. The van der Waals surface area contributed by atoms with Crippen LogP contribution in [-0.2, 0) is 6.42 Å². The Hall–Kier alpha value is -1.11. The molecule has 1 atom stereocenters. The lowest BCUT2D eigenvalue weighted by Gasteiger charge is -1.99. The van der Waals surface area contributed by atoms with E-state index in [4.69, 9.17) is 5.73 Å². The summed E-state index contributed by atoms with van der Waals surface area (Å²) in [7, 11) is 0. The van der Waals surface area contributed by atoms with Crippen molar-refractivity contribution >= 4 is 33.0 Å². The molecule has 0 aliphatic heterocycles. The molecule has 0 bridgehead atoms. The van der Waals surface area contributed by atoms with Crippen molar-refractivity contribution < 1.29 is 4.79 Å². The minimum atomic E-state index is -0.137. The van der Waals surface area contributed by atoms with Crippen molar-refractivity contribution in [3.05, 3.63) is 44.6 Å². The van der Waals surface area contributed by atoms with Crippen LogP contribution in [0.5, 0.6) is 0 Å². The van der Waals surface area contributed by atoms with Crippen LogP contribution >= 0.6 is 27.3 Å². The summed E-state index contributed by atoms with van der Waals surface area (Å²) in [6.45, 7) is 1.85. The maximum absolute atomic E-state index is 12.0. The van der Waals surface area contributed by atoms with Crippen LogP contribution in [0, 0.1) is 0 Å². The van der Waals surface area contributed by atoms with Crippen molar-refractivity contribution in [2.75, 3.05) is 0 Å². The first kappa shape index (κ1) is 13.3. The van der Waals surface area contributed by atoms with Gasteiger partial charge in [-0.2, -0.15) is 0 Å². The molecule has 0 aliphatic rings. The zero-order valence-electron chi connectivity index (χ0n) is 9.76. The highest BCUT2D eigenvalue weighted by atomic mass is 79.9. The van der Waals surface area contributed by atoms with Gasteiger partial charge >= 0.3 is 0 Å². The number of carbonyl (C=O) groups is 1. The van der Waals surface area contributed by atoms with E-state index in [-0.39, 0.29) is 18.2 Å². The normalized spacial score (nSPS) is 12.4. The van der Waals surface area contributed by atoms with E-state index in [2.05, 4.69) is 25.9 Å². The average molecular weight is 326 g/mol. The minimum absolute atomic E-state index is 0.0343. The van der Waals surface area contributed by atoms with E-state index in [1.807, 2.05) is 19.1 Å². The smallest absolute Gasteiger partial charge is 0.187 e. The van der Waals surface area contributed by atoms with Gasteiger partial charge < -0.3 is 5.73 Å². The zero-order valence-corrected chi connectivity index (χ0v) is 12.2. The molecule has 0 saturated heterocycles. The van der Waals surface area contributed by atoms with Crippen molar-refractivity contribution in [3.8, 4) is 0 Å². The van der Waals surface area contributed by atoms with Crippen molar-refractivity contribution in [1.82, 2.24) is 9.97 Å². The number of hydrogen-bond acceptors (Lipinski definition) is 5. The number of pyridine rings is 1. The third-order valence-corrected chi connectivity index (χ3v) is 3.84. The van der Waals surface area contributed by atoms with Crippen LogP contribution < -0.4 is 5.73 Å². The Labute approximate surface area is 117 Å². The maximum Gasteiger partial charge on any atom is 0.187 e. The molecule has 0 saturated carbocycles. The van der Waals surface area contributed by atoms with Crippen LogP contribution in [-0.4, -0.2) is 15.8 Å². The molecule has 6 heteroatoms. The van der Waals surface area contributed by atoms with Gasteiger partial charge in [-0.25, -0.2) is 4.98 Å². The number of aromatic nitrogens is 2. The van der Waals surface area contributed by atoms with Gasteiger partial charge in [0.15, 0.2) is 5.78 Å². The highest BCUT2D eigenvalue weighted by Gasteiger charge is 2.13. The Morgan fingerprint density at radius 2 is 2.33 bits per heavy atom. The lowest BCUT2D eigenvalue weighted by atomic mass is 10.1. The number of carbonyl (C=O) groups excluding carboxylic acids is 1. The van der Waals surface area contributed by atoms with E-state index in [0.29, 0.717) is 5.69 Å². The molecular formula is C12H12BrN3OS. The molecule has 2 aromatic rings. The van der Waals surface area contributed by atoms with Crippen molar-refractivity contribution in [2.24, 2.45) is 5.73 Å². The molecule has 18 heavy (non-hydrogen) atoms. The fraction of sp³-hybridized carbons (Fsp3) is 0.250. The fourth-order valence-corrected chi connectivity index (χ4v) is 2.41. The van der Waals surface area contributed by atoms with E-state index in [1.165, 1.54) is 11.3 Å². The molecule has 0 radical (unpaired) electrons. The Morgan fingerprint density at radius 1 is 1.56 bits per heavy atom. The van der Waals surface area contributed by atoms with Crippen LogP contribution in [0.1, 0.15) is 34.2 Å². The molecule has 0 spiro atoms. The van der Waals surface area contributed by atoms with Gasteiger partial charge in [-0.15, -0.1) is 11.3 Å². The molecule has 0 amide bonds. The number of ketones is 1. The summed E-state index contributed by atoms with van der Waals surface area (Å²) in [4.78, 5) is 20.4. The standard InChI is InChI=1S/C12H12BrN3OS/c1-7(14)12-16-10(6-18-12)11(17)4-9-3-2-8(13)5-15-9/h2-3,5-7H,4,14H2,1H3. The van der Waals surface area contributed by atoms with Gasteiger partial charge in [-0.1, -0.05) is 0 Å². The number of Topliss-reactive ketones (excluding diaryl/α,β-unsaturated/α-hetero) is 1. The second-order valence-corrected chi connectivity index (χ2v) is 5.73. The van der Waals surface area contributed by atoms with E-state index in [1.54, 1.807) is 11.6 Å². The molecule has 0 aliphatic carbocycles. The van der Waals surface area contributed by atoms with Crippen molar-refractivity contribution in [1.29, 1.82) is 0 Å². The molecule has 2 aromatic heterocycles. The summed E-state index contributed by atoms with van der Waals surface area (Å²) in [5.74, 6) is -0.0343. The summed E-state index contributed by atoms with van der Waals surface area (Å²) < 4.78 is 0.895. The van der Waals surface area contributed by atoms with Gasteiger partial charge in [0.25, 0.3) is 0 Å². The molecular weight excluding hydrogens is 314 g/mol. The highest BCUT2D eigenvalue weighted by Crippen LogP contribution is 2.17. The summed E-state index contributed by atoms with van der Waals surface area (Å²) in [5.41, 5.74) is 6.92. The topological polar surface area (TPSA) is 68.9 Å². The first-order valence-electron chi connectivity index (χ1n) is 5.41. The van der Waals surface area contributed by atoms with Gasteiger partial charge in [0.1, 0.15) is 10.7 Å². The average Bonchev–Trinajstić information content (AvgIpc) is 2.81. The van der Waals surface area contributed by atoms with Crippen LogP contribution in [0.15, 0.2) is 28.2 Å². The van der Waals surface area contributed by atoms with E-state index in [9.17, 15) is 4.79 Å². The molecule has 1 unspecified atom stereocenters. The molecule has 2 heterocycles. The highest BCUT2D eigenvalue weighted by molar-refractivity contribution is 9.10. The molecule has 0 aromatic carbocycles. The monoisotopic (exact) mass is 325 g/mol. The number of nitrogens with zero attached hydrogens (tertiary/aromatic N) is 2.